The zero-order chi connectivity index (χ0) is 15.0. The summed E-state index contributed by atoms with van der Waals surface area (Å²) in [7, 11) is -7.78. The van der Waals surface area contributed by atoms with Crippen LogP contribution in [0.3, 0.4) is 0 Å². The molecule has 0 amide bonds. The van der Waals surface area contributed by atoms with E-state index in [1.54, 1.807) is 0 Å². The number of benzene rings is 1. The SMILES string of the molecule is NS(=O)(=O)c1ccc(S(N)(=O)=O)c(C2CCNCC2)c1. The molecule has 2 rings (SSSR count). The van der Waals surface area contributed by atoms with E-state index >= 15 is 0 Å². The minimum atomic E-state index is -3.90. The molecular formula is C11H17N3O4S2. The maximum Gasteiger partial charge on any atom is 0.238 e. The van der Waals surface area contributed by atoms with Crippen molar-refractivity contribution in [2.45, 2.75) is 28.6 Å². The van der Waals surface area contributed by atoms with E-state index in [1.165, 1.54) is 18.2 Å². The predicted octanol–water partition coefficient (Wildman–Crippen LogP) is -0.552. The van der Waals surface area contributed by atoms with Gasteiger partial charge in [-0.1, -0.05) is 0 Å². The fourth-order valence-electron chi connectivity index (χ4n) is 2.41. The summed E-state index contributed by atoms with van der Waals surface area (Å²) >= 11 is 0. The Morgan fingerprint density at radius 3 is 2.10 bits per heavy atom. The summed E-state index contributed by atoms with van der Waals surface area (Å²) in [6, 6.07) is 3.71. The number of primary sulfonamides is 2. The molecule has 1 heterocycles. The summed E-state index contributed by atoms with van der Waals surface area (Å²) in [5.74, 6) is -0.0497. The molecule has 1 aliphatic rings. The van der Waals surface area contributed by atoms with E-state index in [2.05, 4.69) is 5.32 Å². The molecule has 7 nitrogen and oxygen atoms in total. The lowest BCUT2D eigenvalue weighted by atomic mass is 9.90. The van der Waals surface area contributed by atoms with Crippen molar-refractivity contribution in [1.82, 2.24) is 5.32 Å². The first kappa shape index (κ1) is 15.4. The molecule has 0 saturated carbocycles. The number of nitrogens with one attached hydrogen (secondary N) is 1. The van der Waals surface area contributed by atoms with Crippen molar-refractivity contribution in [2.24, 2.45) is 10.3 Å². The second kappa shape index (κ2) is 5.41. The Morgan fingerprint density at radius 1 is 1.00 bits per heavy atom. The Kier molecular flexibility index (Phi) is 4.17. The molecule has 0 aliphatic carbocycles. The molecular weight excluding hydrogens is 302 g/mol. The summed E-state index contributed by atoms with van der Waals surface area (Å²) in [5.41, 5.74) is 0.431. The summed E-state index contributed by atoms with van der Waals surface area (Å²) in [6.07, 6.45) is 1.44. The van der Waals surface area contributed by atoms with Gasteiger partial charge in [0.05, 0.1) is 9.79 Å². The molecule has 1 aromatic rings. The van der Waals surface area contributed by atoms with Gasteiger partial charge in [-0.2, -0.15) is 0 Å². The van der Waals surface area contributed by atoms with Crippen molar-refractivity contribution in [3.8, 4) is 0 Å². The molecule has 0 spiro atoms. The van der Waals surface area contributed by atoms with Gasteiger partial charge in [0.2, 0.25) is 20.0 Å². The second-order valence-electron chi connectivity index (χ2n) is 4.81. The number of hydrogen-bond donors (Lipinski definition) is 3. The molecule has 5 N–H and O–H groups in total. The Balaban J connectivity index is 2.59. The topological polar surface area (TPSA) is 132 Å². The molecule has 0 aromatic heterocycles. The summed E-state index contributed by atoms with van der Waals surface area (Å²) in [5, 5.41) is 13.5. The lowest BCUT2D eigenvalue weighted by Gasteiger charge is -2.25. The van der Waals surface area contributed by atoms with Crippen molar-refractivity contribution < 1.29 is 16.8 Å². The van der Waals surface area contributed by atoms with E-state index in [1.807, 2.05) is 0 Å². The highest BCUT2D eigenvalue weighted by atomic mass is 32.2. The minimum absolute atomic E-state index is 0.0307. The third-order valence-corrected chi connectivity index (χ3v) is 5.29. The second-order valence-corrected chi connectivity index (χ2v) is 7.91. The first-order valence-electron chi connectivity index (χ1n) is 6.10. The smallest absolute Gasteiger partial charge is 0.238 e. The molecule has 1 fully saturated rings. The Hall–Kier alpha value is -1.00. The van der Waals surface area contributed by atoms with Crippen molar-refractivity contribution in [1.29, 1.82) is 0 Å². The monoisotopic (exact) mass is 319 g/mol. The summed E-state index contributed by atoms with van der Waals surface area (Å²) < 4.78 is 46.1. The fourth-order valence-corrected chi connectivity index (χ4v) is 3.78. The van der Waals surface area contributed by atoms with Crippen LogP contribution in [0.2, 0.25) is 0 Å². The molecule has 1 aromatic carbocycles. The average Bonchev–Trinajstić information content (AvgIpc) is 2.37. The molecule has 0 unspecified atom stereocenters. The van der Waals surface area contributed by atoms with Gasteiger partial charge in [0.15, 0.2) is 0 Å². The van der Waals surface area contributed by atoms with E-state index < -0.39 is 20.0 Å². The largest absolute Gasteiger partial charge is 0.317 e. The van der Waals surface area contributed by atoms with E-state index in [0.29, 0.717) is 5.56 Å². The Morgan fingerprint density at radius 2 is 1.60 bits per heavy atom. The highest BCUT2D eigenvalue weighted by molar-refractivity contribution is 7.89. The van der Waals surface area contributed by atoms with Crippen LogP contribution < -0.4 is 15.6 Å². The normalized spacial score (nSPS) is 18.1. The van der Waals surface area contributed by atoms with Gasteiger partial charge < -0.3 is 5.32 Å². The molecule has 0 radical (unpaired) electrons. The molecule has 0 atom stereocenters. The van der Waals surface area contributed by atoms with Gasteiger partial charge in [-0.05, 0) is 55.6 Å². The molecule has 9 heteroatoms. The van der Waals surface area contributed by atoms with Crippen LogP contribution >= 0.6 is 0 Å². The van der Waals surface area contributed by atoms with Gasteiger partial charge in [0.25, 0.3) is 0 Å². The van der Waals surface area contributed by atoms with E-state index in [9.17, 15) is 16.8 Å². The van der Waals surface area contributed by atoms with Gasteiger partial charge in [0, 0.05) is 0 Å². The average molecular weight is 319 g/mol. The van der Waals surface area contributed by atoms with Crippen LogP contribution in [0, 0.1) is 0 Å². The van der Waals surface area contributed by atoms with E-state index in [-0.39, 0.29) is 15.7 Å². The van der Waals surface area contributed by atoms with Crippen molar-refractivity contribution in [3.63, 3.8) is 0 Å². The molecule has 1 saturated heterocycles. The van der Waals surface area contributed by atoms with Crippen LogP contribution in [-0.4, -0.2) is 29.9 Å². The standard InChI is InChI=1S/C11H17N3O4S2/c12-19(15,16)9-1-2-11(20(13,17)18)10(7-9)8-3-5-14-6-4-8/h1-2,7-8,14H,3-6H2,(H2,12,15,16)(H2,13,17,18). The van der Waals surface area contributed by atoms with Gasteiger partial charge >= 0.3 is 0 Å². The van der Waals surface area contributed by atoms with Crippen LogP contribution in [-0.2, 0) is 20.0 Å². The fraction of sp³-hybridized carbons (Fsp3) is 0.455. The van der Waals surface area contributed by atoms with Crippen molar-refractivity contribution in [2.75, 3.05) is 13.1 Å². The third kappa shape index (κ3) is 3.36. The number of piperidine rings is 1. The van der Waals surface area contributed by atoms with Gasteiger partial charge in [-0.15, -0.1) is 0 Å². The lowest BCUT2D eigenvalue weighted by molar-refractivity contribution is 0.454. The number of sulfonamides is 2. The van der Waals surface area contributed by atoms with Crippen LogP contribution in [0.4, 0.5) is 0 Å². The third-order valence-electron chi connectivity index (χ3n) is 3.40. The maximum absolute atomic E-state index is 11.6. The van der Waals surface area contributed by atoms with Crippen LogP contribution in [0.5, 0.6) is 0 Å². The van der Waals surface area contributed by atoms with E-state index in [0.717, 1.165) is 25.9 Å². The zero-order valence-electron chi connectivity index (χ0n) is 10.7. The number of hydrogen-bond acceptors (Lipinski definition) is 5. The maximum atomic E-state index is 11.6. The Labute approximate surface area is 118 Å². The van der Waals surface area contributed by atoms with Gasteiger partial charge in [0.1, 0.15) is 0 Å². The zero-order valence-corrected chi connectivity index (χ0v) is 12.4. The Bertz CT molecular complexity index is 707. The molecule has 112 valence electrons. The van der Waals surface area contributed by atoms with E-state index in [4.69, 9.17) is 10.3 Å². The highest BCUT2D eigenvalue weighted by Crippen LogP contribution is 2.31. The molecule has 20 heavy (non-hydrogen) atoms. The van der Waals surface area contributed by atoms with Crippen LogP contribution in [0.15, 0.2) is 28.0 Å². The highest BCUT2D eigenvalue weighted by Gasteiger charge is 2.24. The number of nitrogens with two attached hydrogens (primary N) is 2. The van der Waals surface area contributed by atoms with Gasteiger partial charge in [-0.3, -0.25) is 0 Å². The van der Waals surface area contributed by atoms with Crippen molar-refractivity contribution >= 4 is 20.0 Å². The number of rotatable bonds is 3. The van der Waals surface area contributed by atoms with Crippen LogP contribution in [0.1, 0.15) is 24.3 Å². The van der Waals surface area contributed by atoms with Crippen molar-refractivity contribution in [3.05, 3.63) is 23.8 Å². The first-order chi connectivity index (χ1) is 9.19. The minimum Gasteiger partial charge on any atom is -0.317 e. The first-order valence-corrected chi connectivity index (χ1v) is 9.19. The molecule has 0 bridgehead atoms. The quantitative estimate of drug-likeness (QED) is 0.687. The summed E-state index contributed by atoms with van der Waals surface area (Å²) in [4.78, 5) is -0.129. The lowest BCUT2D eigenvalue weighted by Crippen LogP contribution is -2.28. The summed E-state index contributed by atoms with van der Waals surface area (Å²) in [6.45, 7) is 1.49. The van der Waals surface area contributed by atoms with Gasteiger partial charge in [-0.25, -0.2) is 27.1 Å². The van der Waals surface area contributed by atoms with Crippen LogP contribution in [0.25, 0.3) is 0 Å². The predicted molar refractivity (Wildman–Crippen MR) is 74.0 cm³/mol. The molecule has 1 aliphatic heterocycles.